The van der Waals surface area contributed by atoms with Gasteiger partial charge in [0.15, 0.2) is 5.69 Å². The molecule has 9 nitrogen and oxygen atoms in total. The number of nitrogens with one attached hydrogen (secondary N) is 1. The molecule has 0 saturated carbocycles. The fourth-order valence-corrected chi connectivity index (χ4v) is 3.62. The molecule has 1 amide bonds. The highest BCUT2D eigenvalue weighted by Gasteiger charge is 2.35. The minimum atomic E-state index is -4.65. The number of carbonyl (C=O) groups is 1. The maximum absolute atomic E-state index is 13.3. The number of hydrogen-bond donors (Lipinski definition) is 1. The first kappa shape index (κ1) is 22.8. The van der Waals surface area contributed by atoms with Crippen molar-refractivity contribution in [3.05, 3.63) is 93.1 Å². The van der Waals surface area contributed by atoms with E-state index in [0.29, 0.717) is 11.1 Å². The van der Waals surface area contributed by atoms with Crippen LogP contribution in [0.3, 0.4) is 0 Å². The van der Waals surface area contributed by atoms with Crippen LogP contribution in [0.5, 0.6) is 0 Å². The molecule has 0 aliphatic rings. The molecule has 0 unspecified atom stereocenters. The van der Waals surface area contributed by atoms with Crippen LogP contribution in [-0.4, -0.2) is 31.8 Å². The topological polar surface area (TPSA) is 115 Å². The number of nitrogens with zero attached hydrogens (tertiary/aromatic N) is 5. The molecule has 0 radical (unpaired) electrons. The standard InChI is InChI=1S/C21H13F3N6O3S/c22-21(23,24)18-10-17(14-4-2-1-3-5-14)29(28-18)20-26-16(12-34-20)19(31)27-25-11-13-6-8-15(9-7-13)30(32)33/h1-12H,(H,27,31)/b25-11+. The molecule has 1 N–H and O–H groups in total. The first-order valence-corrected chi connectivity index (χ1v) is 10.4. The number of amides is 1. The highest BCUT2D eigenvalue weighted by Crippen LogP contribution is 2.33. The predicted octanol–water partition coefficient (Wildman–Crippen LogP) is 4.69. The molecule has 4 rings (SSSR count). The van der Waals surface area contributed by atoms with E-state index in [-0.39, 0.29) is 22.2 Å². The van der Waals surface area contributed by atoms with Crippen molar-refractivity contribution in [2.45, 2.75) is 6.18 Å². The second kappa shape index (κ2) is 9.23. The third-order valence-corrected chi connectivity index (χ3v) is 5.28. The fourth-order valence-electron chi connectivity index (χ4n) is 2.85. The molecule has 0 fully saturated rings. The van der Waals surface area contributed by atoms with Crippen LogP contribution >= 0.6 is 11.3 Å². The number of alkyl halides is 3. The number of nitro benzene ring substituents is 1. The van der Waals surface area contributed by atoms with Crippen LogP contribution in [0.15, 0.2) is 71.1 Å². The molecular formula is C21H13F3N6O3S. The minimum Gasteiger partial charge on any atom is -0.266 e. The van der Waals surface area contributed by atoms with Gasteiger partial charge in [0.1, 0.15) is 5.69 Å². The van der Waals surface area contributed by atoms with Crippen LogP contribution in [0.25, 0.3) is 16.4 Å². The molecule has 0 saturated heterocycles. The monoisotopic (exact) mass is 486 g/mol. The summed E-state index contributed by atoms with van der Waals surface area (Å²) < 4.78 is 40.9. The average Bonchev–Trinajstić information content (AvgIpc) is 3.47. The van der Waals surface area contributed by atoms with Crippen LogP contribution in [0, 0.1) is 10.1 Å². The number of aromatic nitrogens is 3. The van der Waals surface area contributed by atoms with Gasteiger partial charge in [-0.25, -0.2) is 15.1 Å². The number of non-ortho nitro benzene ring substituents is 1. The molecule has 2 aromatic carbocycles. The molecule has 0 aliphatic carbocycles. The molecule has 2 heterocycles. The SMILES string of the molecule is O=C(N/N=C/c1ccc([N+](=O)[O-])cc1)c1csc(-n2nc(C(F)(F)F)cc2-c2ccccc2)n1. The first-order chi connectivity index (χ1) is 16.2. The Labute approximate surface area is 193 Å². The van der Waals surface area contributed by atoms with Crippen molar-refractivity contribution in [1.82, 2.24) is 20.2 Å². The molecule has 172 valence electrons. The summed E-state index contributed by atoms with van der Waals surface area (Å²) in [6.45, 7) is 0. The lowest BCUT2D eigenvalue weighted by atomic mass is 10.1. The third kappa shape index (κ3) is 4.99. The Hall–Kier alpha value is -4.39. The zero-order valence-corrected chi connectivity index (χ0v) is 17.7. The average molecular weight is 486 g/mol. The van der Waals surface area contributed by atoms with Gasteiger partial charge in [-0.1, -0.05) is 30.3 Å². The summed E-state index contributed by atoms with van der Waals surface area (Å²) in [6, 6.07) is 14.8. The zero-order valence-electron chi connectivity index (χ0n) is 16.9. The van der Waals surface area contributed by atoms with Gasteiger partial charge in [0.2, 0.25) is 5.13 Å². The molecule has 0 spiro atoms. The van der Waals surface area contributed by atoms with Crippen molar-refractivity contribution in [1.29, 1.82) is 0 Å². The largest absolute Gasteiger partial charge is 0.435 e. The van der Waals surface area contributed by atoms with Crippen LogP contribution in [0.2, 0.25) is 0 Å². The van der Waals surface area contributed by atoms with E-state index in [1.807, 2.05) is 0 Å². The quantitative estimate of drug-likeness (QED) is 0.241. The number of rotatable bonds is 6. The second-order valence-electron chi connectivity index (χ2n) is 6.75. The van der Waals surface area contributed by atoms with Crippen molar-refractivity contribution in [3.63, 3.8) is 0 Å². The molecule has 13 heteroatoms. The van der Waals surface area contributed by atoms with Gasteiger partial charge in [-0.15, -0.1) is 11.3 Å². The van der Waals surface area contributed by atoms with Gasteiger partial charge in [0.05, 0.1) is 16.8 Å². The number of benzene rings is 2. The summed E-state index contributed by atoms with van der Waals surface area (Å²) in [5.41, 5.74) is 2.20. The van der Waals surface area contributed by atoms with E-state index >= 15 is 0 Å². The summed E-state index contributed by atoms with van der Waals surface area (Å²) >= 11 is 0.943. The Morgan fingerprint density at radius 1 is 1.15 bits per heavy atom. The maximum Gasteiger partial charge on any atom is 0.435 e. The molecule has 34 heavy (non-hydrogen) atoms. The van der Waals surface area contributed by atoms with Crippen LogP contribution < -0.4 is 5.43 Å². The van der Waals surface area contributed by atoms with E-state index in [4.69, 9.17) is 0 Å². The summed E-state index contributed by atoms with van der Waals surface area (Å²) in [4.78, 5) is 26.6. The first-order valence-electron chi connectivity index (χ1n) is 9.49. The Morgan fingerprint density at radius 2 is 1.85 bits per heavy atom. The van der Waals surface area contributed by atoms with Crippen LogP contribution in [-0.2, 0) is 6.18 Å². The summed E-state index contributed by atoms with van der Waals surface area (Å²) in [7, 11) is 0. The van der Waals surface area contributed by atoms with Crippen molar-refractivity contribution < 1.29 is 22.9 Å². The number of halogens is 3. The Bertz CT molecular complexity index is 1360. The Balaban J connectivity index is 1.54. The predicted molar refractivity (Wildman–Crippen MR) is 118 cm³/mol. The molecule has 0 atom stereocenters. The number of nitro groups is 1. The molecule has 4 aromatic rings. The van der Waals surface area contributed by atoms with Gasteiger partial charge in [-0.3, -0.25) is 14.9 Å². The smallest absolute Gasteiger partial charge is 0.266 e. The highest BCUT2D eigenvalue weighted by atomic mass is 32.1. The van der Waals surface area contributed by atoms with Crippen molar-refractivity contribution in [2.24, 2.45) is 5.10 Å². The van der Waals surface area contributed by atoms with Gasteiger partial charge in [-0.05, 0) is 23.8 Å². The van der Waals surface area contributed by atoms with Crippen molar-refractivity contribution >= 4 is 29.1 Å². The second-order valence-corrected chi connectivity index (χ2v) is 7.59. The van der Waals surface area contributed by atoms with E-state index in [1.54, 1.807) is 30.3 Å². The number of hydrogen-bond acceptors (Lipinski definition) is 7. The van der Waals surface area contributed by atoms with Crippen LogP contribution in [0.4, 0.5) is 18.9 Å². The van der Waals surface area contributed by atoms with Crippen molar-refractivity contribution in [2.75, 3.05) is 0 Å². The number of thiazole rings is 1. The molecule has 0 bridgehead atoms. The Morgan fingerprint density at radius 3 is 2.50 bits per heavy atom. The fraction of sp³-hybridized carbons (Fsp3) is 0.0476. The molecule has 0 aliphatic heterocycles. The Kier molecular flexibility index (Phi) is 6.19. The highest BCUT2D eigenvalue weighted by molar-refractivity contribution is 7.12. The van der Waals surface area contributed by atoms with Gasteiger partial charge in [0.25, 0.3) is 11.6 Å². The summed E-state index contributed by atoms with van der Waals surface area (Å²) in [5.74, 6) is -0.690. The lowest BCUT2D eigenvalue weighted by Crippen LogP contribution is -2.18. The normalized spacial score (nSPS) is 11.6. The summed E-state index contributed by atoms with van der Waals surface area (Å²) in [6.07, 6.45) is -3.37. The van der Waals surface area contributed by atoms with Crippen molar-refractivity contribution in [3.8, 4) is 16.4 Å². The lowest BCUT2D eigenvalue weighted by molar-refractivity contribution is -0.384. The maximum atomic E-state index is 13.3. The summed E-state index contributed by atoms with van der Waals surface area (Å²) in [5, 5.41) is 19.5. The van der Waals surface area contributed by atoms with E-state index < -0.39 is 22.7 Å². The van der Waals surface area contributed by atoms with E-state index in [0.717, 1.165) is 22.1 Å². The zero-order chi connectivity index (χ0) is 24.3. The van der Waals surface area contributed by atoms with Gasteiger partial charge < -0.3 is 0 Å². The molecular weight excluding hydrogens is 473 g/mol. The van der Waals surface area contributed by atoms with Crippen LogP contribution in [0.1, 0.15) is 21.7 Å². The van der Waals surface area contributed by atoms with E-state index in [9.17, 15) is 28.1 Å². The van der Waals surface area contributed by atoms with Gasteiger partial charge in [-0.2, -0.15) is 23.4 Å². The van der Waals surface area contributed by atoms with E-state index in [1.165, 1.54) is 35.9 Å². The van der Waals surface area contributed by atoms with E-state index in [2.05, 4.69) is 20.6 Å². The van der Waals surface area contributed by atoms with Gasteiger partial charge in [0, 0.05) is 23.1 Å². The van der Waals surface area contributed by atoms with Gasteiger partial charge >= 0.3 is 6.18 Å². The lowest BCUT2D eigenvalue weighted by Gasteiger charge is -2.03. The number of carbonyl (C=O) groups excluding carboxylic acids is 1. The minimum absolute atomic E-state index is 0.0658. The third-order valence-electron chi connectivity index (χ3n) is 4.46. The molecule has 2 aromatic heterocycles. The number of hydrazone groups is 1.